The van der Waals surface area contributed by atoms with Gasteiger partial charge in [-0.3, -0.25) is 0 Å². The van der Waals surface area contributed by atoms with E-state index in [1.54, 1.807) is 5.32 Å². The van der Waals surface area contributed by atoms with E-state index in [1.165, 1.54) is 18.4 Å². The first-order valence-electron chi connectivity index (χ1n) is 5.17. The molecule has 1 aromatic heterocycles. The van der Waals surface area contributed by atoms with Crippen LogP contribution in [0.4, 0.5) is 35.1 Å². The standard InChI is InChI=1S/C10H9F8NO/c11-7(12)9(15,16)10(17,18)8(13,14)5-19-4-6-2-1-3-20-6/h1-3,7,19H,4-5H2. The van der Waals surface area contributed by atoms with Crippen molar-refractivity contribution in [2.75, 3.05) is 6.54 Å². The third kappa shape index (κ3) is 3.05. The van der Waals surface area contributed by atoms with Gasteiger partial charge in [0.1, 0.15) is 5.76 Å². The minimum atomic E-state index is -6.19. The second-order valence-corrected chi connectivity index (χ2v) is 3.89. The molecule has 0 spiro atoms. The highest BCUT2D eigenvalue weighted by Gasteiger charge is 2.74. The molecule has 0 fully saturated rings. The molecule has 0 bridgehead atoms. The van der Waals surface area contributed by atoms with Crippen molar-refractivity contribution in [2.24, 2.45) is 0 Å². The summed E-state index contributed by atoms with van der Waals surface area (Å²) in [6.07, 6.45) is -3.73. The van der Waals surface area contributed by atoms with E-state index in [1.807, 2.05) is 0 Å². The molecule has 1 aromatic rings. The van der Waals surface area contributed by atoms with Crippen LogP contribution < -0.4 is 5.32 Å². The molecule has 0 saturated carbocycles. The summed E-state index contributed by atoms with van der Waals surface area (Å²) in [5.74, 6) is -17.6. The van der Waals surface area contributed by atoms with Crippen molar-refractivity contribution in [1.29, 1.82) is 0 Å². The number of alkyl halides is 8. The molecule has 0 unspecified atom stereocenters. The molecule has 1 rings (SSSR count). The summed E-state index contributed by atoms with van der Waals surface area (Å²) in [5.41, 5.74) is 0. The molecule has 0 atom stereocenters. The molecule has 0 aliphatic rings. The van der Waals surface area contributed by atoms with Crippen LogP contribution in [0.1, 0.15) is 5.76 Å². The minimum absolute atomic E-state index is 0.0877. The summed E-state index contributed by atoms with van der Waals surface area (Å²) in [6, 6.07) is 2.70. The Kier molecular flexibility index (Phi) is 4.67. The van der Waals surface area contributed by atoms with Gasteiger partial charge in [0.2, 0.25) is 0 Å². The number of hydrogen-bond acceptors (Lipinski definition) is 2. The van der Waals surface area contributed by atoms with Crippen LogP contribution in [-0.4, -0.2) is 30.7 Å². The van der Waals surface area contributed by atoms with E-state index in [0.717, 1.165) is 0 Å². The molecular weight excluding hydrogens is 302 g/mol. The predicted octanol–water partition coefficient (Wildman–Crippen LogP) is 3.54. The van der Waals surface area contributed by atoms with Gasteiger partial charge in [0.05, 0.1) is 19.4 Å². The lowest BCUT2D eigenvalue weighted by atomic mass is 10.0. The molecule has 0 radical (unpaired) electrons. The zero-order valence-electron chi connectivity index (χ0n) is 9.66. The zero-order valence-corrected chi connectivity index (χ0v) is 9.66. The molecule has 0 aromatic carbocycles. The van der Waals surface area contributed by atoms with Gasteiger partial charge in [-0.25, -0.2) is 8.78 Å². The van der Waals surface area contributed by atoms with E-state index in [9.17, 15) is 35.1 Å². The lowest BCUT2D eigenvalue weighted by Crippen LogP contribution is -2.60. The molecule has 20 heavy (non-hydrogen) atoms. The molecule has 2 nitrogen and oxygen atoms in total. The fourth-order valence-corrected chi connectivity index (χ4v) is 1.25. The third-order valence-corrected chi connectivity index (χ3v) is 2.38. The summed E-state index contributed by atoms with van der Waals surface area (Å²) in [6.45, 7) is -2.36. The van der Waals surface area contributed by atoms with Crippen LogP contribution >= 0.6 is 0 Å². The van der Waals surface area contributed by atoms with Crippen molar-refractivity contribution in [3.63, 3.8) is 0 Å². The molecule has 1 heterocycles. The maximum Gasteiger partial charge on any atom is 0.379 e. The number of hydrogen-bond donors (Lipinski definition) is 1. The van der Waals surface area contributed by atoms with Gasteiger partial charge in [0, 0.05) is 0 Å². The predicted molar refractivity (Wildman–Crippen MR) is 51.3 cm³/mol. The topological polar surface area (TPSA) is 25.2 Å². The molecule has 0 aliphatic carbocycles. The van der Waals surface area contributed by atoms with E-state index in [-0.39, 0.29) is 5.76 Å². The van der Waals surface area contributed by atoms with Gasteiger partial charge in [-0.2, -0.15) is 26.3 Å². The van der Waals surface area contributed by atoms with Gasteiger partial charge in [-0.15, -0.1) is 0 Å². The van der Waals surface area contributed by atoms with E-state index in [2.05, 4.69) is 4.42 Å². The third-order valence-electron chi connectivity index (χ3n) is 2.38. The van der Waals surface area contributed by atoms with Crippen molar-refractivity contribution in [2.45, 2.75) is 30.7 Å². The van der Waals surface area contributed by atoms with Gasteiger partial charge in [0.15, 0.2) is 0 Å². The van der Waals surface area contributed by atoms with Crippen LogP contribution in [0.25, 0.3) is 0 Å². The summed E-state index contributed by atoms with van der Waals surface area (Å²) >= 11 is 0. The van der Waals surface area contributed by atoms with Crippen molar-refractivity contribution >= 4 is 0 Å². The number of nitrogens with one attached hydrogen (secondary N) is 1. The SMILES string of the molecule is FC(F)C(F)(F)C(F)(F)C(F)(F)CNCc1ccco1. The molecule has 0 saturated heterocycles. The lowest BCUT2D eigenvalue weighted by molar-refractivity contribution is -0.336. The molecular formula is C10H9F8NO. The Bertz CT molecular complexity index is 417. The normalized spacial score (nSPS) is 14.1. The highest BCUT2D eigenvalue weighted by molar-refractivity contribution is 5.01. The Morgan fingerprint density at radius 2 is 1.70 bits per heavy atom. The first kappa shape index (κ1) is 16.7. The van der Waals surface area contributed by atoms with Gasteiger partial charge in [-0.1, -0.05) is 0 Å². The maximum atomic E-state index is 13.0. The summed E-state index contributed by atoms with van der Waals surface area (Å²) in [7, 11) is 0. The van der Waals surface area contributed by atoms with Crippen molar-refractivity contribution in [3.8, 4) is 0 Å². The van der Waals surface area contributed by atoms with Gasteiger partial charge in [-0.05, 0) is 12.1 Å². The molecule has 1 N–H and O–H groups in total. The molecule has 10 heteroatoms. The second-order valence-electron chi connectivity index (χ2n) is 3.89. The summed E-state index contributed by atoms with van der Waals surface area (Å²) in [5, 5.41) is 1.74. The molecule has 116 valence electrons. The van der Waals surface area contributed by atoms with Crippen molar-refractivity contribution < 1.29 is 39.5 Å². The highest BCUT2D eigenvalue weighted by Crippen LogP contribution is 2.48. The van der Waals surface area contributed by atoms with E-state index >= 15 is 0 Å². The fourth-order valence-electron chi connectivity index (χ4n) is 1.25. The van der Waals surface area contributed by atoms with Crippen LogP contribution in [0, 0.1) is 0 Å². The van der Waals surface area contributed by atoms with E-state index < -0.39 is 37.3 Å². The smallest absolute Gasteiger partial charge is 0.379 e. The zero-order chi connectivity index (χ0) is 15.6. The maximum absolute atomic E-state index is 13.0. The number of rotatable bonds is 7. The first-order chi connectivity index (χ1) is 9.02. The van der Waals surface area contributed by atoms with E-state index in [4.69, 9.17) is 0 Å². The van der Waals surface area contributed by atoms with Crippen molar-refractivity contribution in [3.05, 3.63) is 24.2 Å². The Morgan fingerprint density at radius 3 is 2.15 bits per heavy atom. The van der Waals surface area contributed by atoms with Gasteiger partial charge < -0.3 is 9.73 Å². The fraction of sp³-hybridized carbons (Fsp3) is 0.600. The number of halogens is 8. The van der Waals surface area contributed by atoms with Gasteiger partial charge in [0.25, 0.3) is 0 Å². The first-order valence-corrected chi connectivity index (χ1v) is 5.17. The van der Waals surface area contributed by atoms with Crippen LogP contribution in [0.5, 0.6) is 0 Å². The van der Waals surface area contributed by atoms with Crippen LogP contribution in [-0.2, 0) is 6.54 Å². The Morgan fingerprint density at radius 1 is 1.10 bits per heavy atom. The average molecular weight is 311 g/mol. The quantitative estimate of drug-likeness (QED) is 0.779. The Labute approximate surface area is 107 Å². The van der Waals surface area contributed by atoms with Gasteiger partial charge >= 0.3 is 24.2 Å². The minimum Gasteiger partial charge on any atom is -0.468 e. The number of furan rings is 1. The molecule has 0 amide bonds. The average Bonchev–Trinajstić information content (AvgIpc) is 2.81. The van der Waals surface area contributed by atoms with Crippen LogP contribution in [0.15, 0.2) is 22.8 Å². The molecule has 0 aliphatic heterocycles. The largest absolute Gasteiger partial charge is 0.468 e. The Hall–Kier alpha value is -1.32. The van der Waals surface area contributed by atoms with Crippen LogP contribution in [0.3, 0.4) is 0 Å². The monoisotopic (exact) mass is 311 g/mol. The highest BCUT2D eigenvalue weighted by atomic mass is 19.4. The Balaban J connectivity index is 2.71. The summed E-state index contributed by atoms with van der Waals surface area (Å²) in [4.78, 5) is 0. The summed E-state index contributed by atoms with van der Waals surface area (Å²) < 4.78 is 105. The van der Waals surface area contributed by atoms with E-state index in [0.29, 0.717) is 0 Å². The lowest BCUT2D eigenvalue weighted by Gasteiger charge is -2.32. The van der Waals surface area contributed by atoms with Crippen molar-refractivity contribution in [1.82, 2.24) is 5.32 Å². The van der Waals surface area contributed by atoms with Crippen LogP contribution in [0.2, 0.25) is 0 Å². The second kappa shape index (κ2) is 5.58.